The van der Waals surface area contributed by atoms with Crippen LogP contribution in [0.2, 0.25) is 0 Å². The molecule has 1 unspecified atom stereocenters. The quantitative estimate of drug-likeness (QED) is 0.845. The van der Waals surface area contributed by atoms with Crippen LogP contribution in [0.5, 0.6) is 5.75 Å². The van der Waals surface area contributed by atoms with Gasteiger partial charge < -0.3 is 10.1 Å². The number of fused-ring (bicyclic) bond motifs is 1. The lowest BCUT2D eigenvalue weighted by molar-refractivity contribution is -0.274. The summed E-state index contributed by atoms with van der Waals surface area (Å²) in [4.78, 5) is 0. The van der Waals surface area contributed by atoms with E-state index < -0.39 is 6.36 Å². The first-order chi connectivity index (χ1) is 7.49. The summed E-state index contributed by atoms with van der Waals surface area (Å²) in [6, 6.07) is 4.78. The highest BCUT2D eigenvalue weighted by Crippen LogP contribution is 2.34. The molecule has 0 spiro atoms. The van der Waals surface area contributed by atoms with Crippen LogP contribution in [0.15, 0.2) is 18.2 Å². The van der Waals surface area contributed by atoms with Crippen molar-refractivity contribution in [2.45, 2.75) is 25.2 Å². The standard InChI is InChI=1S/C11H12F3NO/c1-15-10-5-2-7-6-8(3-4-9(7)10)16-11(12,13)14/h3-4,6,10,15H,2,5H2,1H3. The molecule has 0 bridgehead atoms. The average Bonchev–Trinajstić information content (AvgIpc) is 2.57. The molecule has 0 aliphatic heterocycles. The second kappa shape index (κ2) is 3.97. The summed E-state index contributed by atoms with van der Waals surface area (Å²) in [5.41, 5.74) is 2.00. The molecule has 2 nitrogen and oxygen atoms in total. The van der Waals surface area contributed by atoms with E-state index >= 15 is 0 Å². The minimum absolute atomic E-state index is 0.136. The fourth-order valence-electron chi connectivity index (χ4n) is 2.09. The van der Waals surface area contributed by atoms with E-state index in [1.54, 1.807) is 6.07 Å². The van der Waals surface area contributed by atoms with Crippen LogP contribution in [0, 0.1) is 0 Å². The van der Waals surface area contributed by atoms with Gasteiger partial charge >= 0.3 is 6.36 Å². The van der Waals surface area contributed by atoms with E-state index in [0.717, 1.165) is 24.0 Å². The first kappa shape index (κ1) is 11.3. The topological polar surface area (TPSA) is 21.3 Å². The number of rotatable bonds is 2. The van der Waals surface area contributed by atoms with Gasteiger partial charge in [0, 0.05) is 6.04 Å². The minimum Gasteiger partial charge on any atom is -0.406 e. The Kier molecular flexibility index (Phi) is 2.80. The highest BCUT2D eigenvalue weighted by Gasteiger charge is 2.31. The summed E-state index contributed by atoms with van der Waals surface area (Å²) >= 11 is 0. The molecule has 0 saturated carbocycles. The smallest absolute Gasteiger partial charge is 0.406 e. The van der Waals surface area contributed by atoms with Gasteiger partial charge in [-0.2, -0.15) is 0 Å². The number of alkyl halides is 3. The van der Waals surface area contributed by atoms with Gasteiger partial charge in [0.1, 0.15) is 5.75 Å². The summed E-state index contributed by atoms with van der Waals surface area (Å²) in [6.07, 6.45) is -2.91. The lowest BCUT2D eigenvalue weighted by Crippen LogP contribution is -2.17. The molecule has 88 valence electrons. The Balaban J connectivity index is 2.21. The normalized spacial score (nSPS) is 19.6. The summed E-state index contributed by atoms with van der Waals surface area (Å²) in [5, 5.41) is 3.12. The molecule has 0 fully saturated rings. The van der Waals surface area contributed by atoms with Gasteiger partial charge in [-0.25, -0.2) is 0 Å². The zero-order valence-corrected chi connectivity index (χ0v) is 8.77. The molecule has 1 aromatic carbocycles. The van der Waals surface area contributed by atoms with Gasteiger partial charge in [0.25, 0.3) is 0 Å². The monoisotopic (exact) mass is 231 g/mol. The van der Waals surface area contributed by atoms with E-state index in [4.69, 9.17) is 0 Å². The van der Waals surface area contributed by atoms with E-state index in [2.05, 4.69) is 10.1 Å². The number of hydrogen-bond acceptors (Lipinski definition) is 2. The van der Waals surface area contributed by atoms with Crippen LogP contribution in [-0.4, -0.2) is 13.4 Å². The van der Waals surface area contributed by atoms with Crippen molar-refractivity contribution in [2.24, 2.45) is 0 Å². The van der Waals surface area contributed by atoms with Crippen LogP contribution < -0.4 is 10.1 Å². The highest BCUT2D eigenvalue weighted by atomic mass is 19.4. The molecule has 5 heteroatoms. The van der Waals surface area contributed by atoms with E-state index in [-0.39, 0.29) is 11.8 Å². The molecule has 1 aliphatic rings. The molecule has 1 aromatic rings. The lowest BCUT2D eigenvalue weighted by Gasteiger charge is -2.12. The molecule has 0 heterocycles. The minimum atomic E-state index is -4.62. The molecule has 1 atom stereocenters. The Morgan fingerprint density at radius 1 is 1.38 bits per heavy atom. The Hall–Kier alpha value is -1.23. The summed E-state index contributed by atoms with van der Waals surface area (Å²) in [5.74, 6) is -0.136. The van der Waals surface area contributed by atoms with Gasteiger partial charge in [0.05, 0.1) is 0 Å². The van der Waals surface area contributed by atoms with Gasteiger partial charge in [-0.3, -0.25) is 0 Å². The lowest BCUT2D eigenvalue weighted by atomic mass is 10.1. The number of benzene rings is 1. The van der Waals surface area contributed by atoms with Crippen molar-refractivity contribution in [1.82, 2.24) is 5.32 Å². The summed E-state index contributed by atoms with van der Waals surface area (Å²) < 4.78 is 39.9. The van der Waals surface area contributed by atoms with E-state index in [1.165, 1.54) is 12.1 Å². The number of nitrogens with one attached hydrogen (secondary N) is 1. The predicted octanol–water partition coefficient (Wildman–Crippen LogP) is 2.79. The average molecular weight is 231 g/mol. The van der Waals surface area contributed by atoms with Crippen LogP contribution in [0.25, 0.3) is 0 Å². The van der Waals surface area contributed by atoms with Crippen molar-refractivity contribution < 1.29 is 17.9 Å². The molecular weight excluding hydrogens is 219 g/mol. The zero-order valence-electron chi connectivity index (χ0n) is 8.77. The molecule has 0 saturated heterocycles. The van der Waals surface area contributed by atoms with Crippen LogP contribution in [0.3, 0.4) is 0 Å². The van der Waals surface area contributed by atoms with Crippen molar-refractivity contribution >= 4 is 0 Å². The van der Waals surface area contributed by atoms with Gasteiger partial charge in [0.15, 0.2) is 0 Å². The molecule has 1 N–H and O–H groups in total. The maximum absolute atomic E-state index is 12.0. The zero-order chi connectivity index (χ0) is 11.8. The van der Waals surface area contributed by atoms with E-state index in [0.29, 0.717) is 0 Å². The van der Waals surface area contributed by atoms with E-state index in [9.17, 15) is 13.2 Å². The van der Waals surface area contributed by atoms with Gasteiger partial charge in [-0.15, -0.1) is 13.2 Å². The molecule has 0 amide bonds. The Labute approximate surface area is 91.4 Å². The number of ether oxygens (including phenoxy) is 1. The number of aryl methyl sites for hydroxylation is 1. The van der Waals surface area contributed by atoms with Crippen molar-refractivity contribution in [3.8, 4) is 5.75 Å². The summed E-state index contributed by atoms with van der Waals surface area (Å²) in [7, 11) is 1.85. The fraction of sp³-hybridized carbons (Fsp3) is 0.455. The molecule has 16 heavy (non-hydrogen) atoms. The molecule has 0 aromatic heterocycles. The SMILES string of the molecule is CNC1CCc2cc(OC(F)(F)F)ccc21. The third-order valence-corrected chi connectivity index (χ3v) is 2.77. The first-order valence-corrected chi connectivity index (χ1v) is 5.05. The van der Waals surface area contributed by atoms with Crippen molar-refractivity contribution in [2.75, 3.05) is 7.05 Å². The van der Waals surface area contributed by atoms with Crippen molar-refractivity contribution in [1.29, 1.82) is 0 Å². The third-order valence-electron chi connectivity index (χ3n) is 2.77. The van der Waals surface area contributed by atoms with Crippen LogP contribution >= 0.6 is 0 Å². The van der Waals surface area contributed by atoms with Crippen molar-refractivity contribution in [3.05, 3.63) is 29.3 Å². The third kappa shape index (κ3) is 2.29. The second-order valence-electron chi connectivity index (χ2n) is 3.79. The maximum atomic E-state index is 12.0. The Morgan fingerprint density at radius 2 is 2.12 bits per heavy atom. The Bertz CT molecular complexity index is 389. The number of halogens is 3. The maximum Gasteiger partial charge on any atom is 0.573 e. The highest BCUT2D eigenvalue weighted by molar-refractivity contribution is 5.40. The van der Waals surface area contributed by atoms with Gasteiger partial charge in [-0.05, 0) is 43.1 Å². The fourth-order valence-corrected chi connectivity index (χ4v) is 2.09. The van der Waals surface area contributed by atoms with Crippen LogP contribution in [0.4, 0.5) is 13.2 Å². The predicted molar refractivity (Wildman–Crippen MR) is 53.2 cm³/mol. The summed E-state index contributed by atoms with van der Waals surface area (Å²) in [6.45, 7) is 0. The largest absolute Gasteiger partial charge is 0.573 e. The van der Waals surface area contributed by atoms with Crippen molar-refractivity contribution in [3.63, 3.8) is 0 Å². The van der Waals surface area contributed by atoms with E-state index in [1.807, 2.05) is 7.05 Å². The van der Waals surface area contributed by atoms with Gasteiger partial charge in [-0.1, -0.05) is 6.07 Å². The first-order valence-electron chi connectivity index (χ1n) is 5.05. The molecule has 1 aliphatic carbocycles. The van der Waals surface area contributed by atoms with Crippen LogP contribution in [-0.2, 0) is 6.42 Å². The molecule has 2 rings (SSSR count). The second-order valence-corrected chi connectivity index (χ2v) is 3.79. The molecule has 0 radical (unpaired) electrons. The van der Waals surface area contributed by atoms with Crippen LogP contribution in [0.1, 0.15) is 23.6 Å². The number of hydrogen-bond donors (Lipinski definition) is 1. The molecular formula is C11H12F3NO. The Morgan fingerprint density at radius 3 is 2.75 bits per heavy atom. The van der Waals surface area contributed by atoms with Gasteiger partial charge in [0.2, 0.25) is 0 Å².